The molecule has 0 radical (unpaired) electrons. The lowest BCUT2D eigenvalue weighted by Gasteiger charge is -2.03. The Balaban J connectivity index is 2.00. The molecule has 1 rings (SSSR count). The van der Waals surface area contributed by atoms with E-state index in [2.05, 4.69) is 5.32 Å². The van der Waals surface area contributed by atoms with Crippen LogP contribution in [0.15, 0.2) is 22.8 Å². The quantitative estimate of drug-likeness (QED) is 0.675. The van der Waals surface area contributed by atoms with Crippen molar-refractivity contribution >= 4 is 11.9 Å². The molecular weight excluding hydrogens is 222 g/mol. The molecule has 94 valence electrons. The average molecular weight is 239 g/mol. The van der Waals surface area contributed by atoms with Crippen LogP contribution in [0.5, 0.6) is 0 Å². The second-order valence-corrected chi connectivity index (χ2v) is 3.78. The van der Waals surface area contributed by atoms with Crippen molar-refractivity contribution < 1.29 is 19.1 Å². The molecule has 0 saturated carbocycles. The first-order valence-corrected chi connectivity index (χ1v) is 5.69. The largest absolute Gasteiger partial charge is 0.481 e. The van der Waals surface area contributed by atoms with Gasteiger partial charge < -0.3 is 14.8 Å². The van der Waals surface area contributed by atoms with E-state index in [0.29, 0.717) is 32.2 Å². The Bertz CT molecular complexity index is 345. The van der Waals surface area contributed by atoms with Crippen molar-refractivity contribution in [2.45, 2.75) is 32.1 Å². The molecule has 0 aliphatic rings. The number of carbonyl (C=O) groups excluding carboxylic acids is 1. The van der Waals surface area contributed by atoms with Crippen LogP contribution in [0, 0.1) is 0 Å². The fourth-order valence-corrected chi connectivity index (χ4v) is 1.41. The van der Waals surface area contributed by atoms with Crippen LogP contribution in [-0.4, -0.2) is 23.5 Å². The maximum absolute atomic E-state index is 11.4. The number of carboxylic acid groups (broad SMARTS) is 1. The van der Waals surface area contributed by atoms with Crippen molar-refractivity contribution in [3.8, 4) is 0 Å². The highest BCUT2D eigenvalue weighted by molar-refractivity contribution is 5.76. The number of carboxylic acids is 1. The van der Waals surface area contributed by atoms with Gasteiger partial charge in [0.1, 0.15) is 5.76 Å². The van der Waals surface area contributed by atoms with Gasteiger partial charge in [0.05, 0.1) is 6.26 Å². The lowest BCUT2D eigenvalue weighted by atomic mass is 10.2. The van der Waals surface area contributed by atoms with Crippen molar-refractivity contribution in [3.63, 3.8) is 0 Å². The number of aryl methyl sites for hydroxylation is 1. The molecular formula is C12H17NO4. The Morgan fingerprint density at radius 1 is 1.29 bits per heavy atom. The molecule has 0 unspecified atom stereocenters. The Hall–Kier alpha value is -1.78. The zero-order chi connectivity index (χ0) is 12.5. The molecule has 2 N–H and O–H groups in total. The van der Waals surface area contributed by atoms with E-state index in [-0.39, 0.29) is 12.3 Å². The molecule has 1 aromatic heterocycles. The molecule has 17 heavy (non-hydrogen) atoms. The maximum Gasteiger partial charge on any atom is 0.303 e. The first-order chi connectivity index (χ1) is 8.18. The Labute approximate surface area is 99.8 Å². The number of rotatable bonds is 8. The van der Waals surface area contributed by atoms with Gasteiger partial charge in [0, 0.05) is 25.8 Å². The SMILES string of the molecule is O=C(O)CCCCNC(=O)CCc1ccco1. The molecule has 5 nitrogen and oxygen atoms in total. The third kappa shape index (κ3) is 6.40. The average Bonchev–Trinajstić information content (AvgIpc) is 2.78. The fourth-order valence-electron chi connectivity index (χ4n) is 1.41. The van der Waals surface area contributed by atoms with E-state index >= 15 is 0 Å². The highest BCUT2D eigenvalue weighted by atomic mass is 16.4. The van der Waals surface area contributed by atoms with E-state index in [1.807, 2.05) is 6.07 Å². The van der Waals surface area contributed by atoms with Crippen molar-refractivity contribution in [1.29, 1.82) is 0 Å². The van der Waals surface area contributed by atoms with E-state index in [4.69, 9.17) is 9.52 Å². The summed E-state index contributed by atoms with van der Waals surface area (Å²) in [4.78, 5) is 21.6. The Morgan fingerprint density at radius 3 is 2.76 bits per heavy atom. The van der Waals surface area contributed by atoms with Gasteiger partial charge in [0.25, 0.3) is 0 Å². The van der Waals surface area contributed by atoms with Crippen LogP contribution in [0.2, 0.25) is 0 Å². The van der Waals surface area contributed by atoms with E-state index in [9.17, 15) is 9.59 Å². The van der Waals surface area contributed by atoms with Gasteiger partial charge in [-0.25, -0.2) is 0 Å². The second-order valence-electron chi connectivity index (χ2n) is 3.78. The van der Waals surface area contributed by atoms with Crippen LogP contribution in [-0.2, 0) is 16.0 Å². The normalized spacial score (nSPS) is 10.1. The van der Waals surface area contributed by atoms with Crippen LogP contribution >= 0.6 is 0 Å². The van der Waals surface area contributed by atoms with Crippen LogP contribution < -0.4 is 5.32 Å². The maximum atomic E-state index is 11.4. The first kappa shape index (κ1) is 13.3. The van der Waals surface area contributed by atoms with Gasteiger partial charge >= 0.3 is 5.97 Å². The summed E-state index contributed by atoms with van der Waals surface area (Å²) in [5.41, 5.74) is 0. The summed E-state index contributed by atoms with van der Waals surface area (Å²) in [6.45, 7) is 0.532. The summed E-state index contributed by atoms with van der Waals surface area (Å²) in [5.74, 6) is -0.0306. The van der Waals surface area contributed by atoms with Gasteiger partial charge in [-0.15, -0.1) is 0 Å². The molecule has 0 aliphatic heterocycles. The smallest absolute Gasteiger partial charge is 0.303 e. The minimum absolute atomic E-state index is 0.0308. The summed E-state index contributed by atoms with van der Waals surface area (Å²) in [5, 5.41) is 11.2. The molecule has 1 heterocycles. The summed E-state index contributed by atoms with van der Waals surface area (Å²) in [6.07, 6.45) is 4.01. The molecule has 0 atom stereocenters. The van der Waals surface area contributed by atoms with Crippen LogP contribution in [0.25, 0.3) is 0 Å². The number of amides is 1. The molecule has 0 aromatic carbocycles. The van der Waals surface area contributed by atoms with Crippen LogP contribution in [0.4, 0.5) is 0 Å². The van der Waals surface area contributed by atoms with Crippen LogP contribution in [0.3, 0.4) is 0 Å². The molecule has 1 aromatic rings. The van der Waals surface area contributed by atoms with E-state index in [0.717, 1.165) is 5.76 Å². The van der Waals surface area contributed by atoms with E-state index < -0.39 is 5.97 Å². The molecule has 0 fully saturated rings. The predicted molar refractivity (Wildman–Crippen MR) is 61.5 cm³/mol. The number of aliphatic carboxylic acids is 1. The van der Waals surface area contributed by atoms with E-state index in [1.54, 1.807) is 12.3 Å². The Morgan fingerprint density at radius 2 is 2.12 bits per heavy atom. The number of nitrogens with one attached hydrogen (secondary N) is 1. The van der Waals surface area contributed by atoms with Gasteiger partial charge in [-0.1, -0.05) is 0 Å². The molecule has 0 spiro atoms. The number of furan rings is 1. The van der Waals surface area contributed by atoms with Crippen LogP contribution in [0.1, 0.15) is 31.4 Å². The molecule has 0 bridgehead atoms. The first-order valence-electron chi connectivity index (χ1n) is 5.69. The second kappa shape index (κ2) is 7.49. The Kier molecular flexibility index (Phi) is 5.85. The molecule has 0 saturated heterocycles. The highest BCUT2D eigenvalue weighted by Gasteiger charge is 2.03. The van der Waals surface area contributed by atoms with Gasteiger partial charge in [0.15, 0.2) is 0 Å². The van der Waals surface area contributed by atoms with Gasteiger partial charge in [-0.2, -0.15) is 0 Å². The minimum Gasteiger partial charge on any atom is -0.481 e. The lowest BCUT2D eigenvalue weighted by Crippen LogP contribution is -2.24. The minimum atomic E-state index is -0.797. The van der Waals surface area contributed by atoms with Gasteiger partial charge in [0.2, 0.25) is 5.91 Å². The number of hydrogen-bond donors (Lipinski definition) is 2. The summed E-state index contributed by atoms with van der Waals surface area (Å²) >= 11 is 0. The number of hydrogen-bond acceptors (Lipinski definition) is 3. The zero-order valence-corrected chi connectivity index (χ0v) is 9.65. The number of unbranched alkanes of at least 4 members (excludes halogenated alkanes) is 1. The topological polar surface area (TPSA) is 79.5 Å². The zero-order valence-electron chi connectivity index (χ0n) is 9.65. The van der Waals surface area contributed by atoms with Crippen molar-refractivity contribution in [1.82, 2.24) is 5.32 Å². The van der Waals surface area contributed by atoms with Crippen molar-refractivity contribution in [2.24, 2.45) is 0 Å². The molecule has 1 amide bonds. The van der Waals surface area contributed by atoms with Crippen molar-refractivity contribution in [2.75, 3.05) is 6.54 Å². The lowest BCUT2D eigenvalue weighted by molar-refractivity contribution is -0.137. The monoisotopic (exact) mass is 239 g/mol. The van der Waals surface area contributed by atoms with Gasteiger partial charge in [-0.05, 0) is 25.0 Å². The molecule has 0 aliphatic carbocycles. The number of carbonyl (C=O) groups is 2. The van der Waals surface area contributed by atoms with Gasteiger partial charge in [-0.3, -0.25) is 9.59 Å². The standard InChI is InChI=1S/C12H17NO4/c14-11(7-6-10-4-3-9-17-10)13-8-2-1-5-12(15)16/h3-4,9H,1-2,5-8H2,(H,13,14)(H,15,16). The fraction of sp³-hybridized carbons (Fsp3) is 0.500. The summed E-state index contributed by atoms with van der Waals surface area (Å²) in [7, 11) is 0. The third-order valence-electron chi connectivity index (χ3n) is 2.32. The predicted octanol–water partition coefficient (Wildman–Crippen LogP) is 1.58. The summed E-state index contributed by atoms with van der Waals surface area (Å²) in [6, 6.07) is 3.62. The molecule has 5 heteroatoms. The third-order valence-corrected chi connectivity index (χ3v) is 2.32. The summed E-state index contributed by atoms with van der Waals surface area (Å²) < 4.78 is 5.11. The van der Waals surface area contributed by atoms with Crippen molar-refractivity contribution in [3.05, 3.63) is 24.2 Å². The van der Waals surface area contributed by atoms with E-state index in [1.165, 1.54) is 0 Å². The highest BCUT2D eigenvalue weighted by Crippen LogP contribution is 2.03.